The topological polar surface area (TPSA) is 66.5 Å². The summed E-state index contributed by atoms with van der Waals surface area (Å²) in [7, 11) is -3.61. The van der Waals surface area contributed by atoms with Crippen molar-refractivity contribution in [3.63, 3.8) is 0 Å². The van der Waals surface area contributed by atoms with Crippen LogP contribution < -0.4 is 5.32 Å². The number of halogens is 2. The number of piperidine rings is 1. The lowest BCUT2D eigenvalue weighted by Gasteiger charge is -2.34. The first kappa shape index (κ1) is 20.8. The molecule has 5 nitrogen and oxygen atoms in total. The third-order valence-corrected chi connectivity index (χ3v) is 6.85. The summed E-state index contributed by atoms with van der Waals surface area (Å²) >= 11 is 5.70. The molecule has 8 heteroatoms. The smallest absolute Gasteiger partial charge is 0.255 e. The quantitative estimate of drug-likeness (QED) is 0.791. The molecule has 2 unspecified atom stereocenters. The van der Waals surface area contributed by atoms with Crippen molar-refractivity contribution < 1.29 is 17.6 Å². The van der Waals surface area contributed by atoms with Crippen LogP contribution in [0.5, 0.6) is 0 Å². The Bertz CT molecular complexity index is 969. The van der Waals surface area contributed by atoms with E-state index < -0.39 is 21.7 Å². The number of hydrogen-bond donors (Lipinski definition) is 1. The normalized spacial score (nSPS) is 20.7. The van der Waals surface area contributed by atoms with Crippen molar-refractivity contribution in [1.29, 1.82) is 0 Å². The average Bonchev–Trinajstić information content (AvgIpc) is 2.63. The monoisotopic (exact) mass is 424 g/mol. The summed E-state index contributed by atoms with van der Waals surface area (Å²) in [6.45, 7) is 5.07. The number of amides is 1. The van der Waals surface area contributed by atoms with Gasteiger partial charge >= 0.3 is 0 Å². The molecule has 0 spiro atoms. The predicted molar refractivity (Wildman–Crippen MR) is 108 cm³/mol. The fraction of sp³-hybridized carbons (Fsp3) is 0.350. The Balaban J connectivity index is 1.76. The van der Waals surface area contributed by atoms with E-state index in [4.69, 9.17) is 11.6 Å². The molecular weight excluding hydrogens is 403 g/mol. The highest BCUT2D eigenvalue weighted by Gasteiger charge is 2.31. The van der Waals surface area contributed by atoms with Gasteiger partial charge in [0, 0.05) is 23.7 Å². The van der Waals surface area contributed by atoms with E-state index in [1.165, 1.54) is 40.7 Å². The van der Waals surface area contributed by atoms with Crippen LogP contribution in [0.25, 0.3) is 0 Å². The van der Waals surface area contributed by atoms with Gasteiger partial charge in [0.25, 0.3) is 5.91 Å². The van der Waals surface area contributed by atoms with Crippen LogP contribution in [0.3, 0.4) is 0 Å². The summed E-state index contributed by atoms with van der Waals surface area (Å²) in [5.41, 5.74) is 0.232. The van der Waals surface area contributed by atoms with Gasteiger partial charge in [0.1, 0.15) is 5.82 Å². The summed E-state index contributed by atoms with van der Waals surface area (Å²) < 4.78 is 41.1. The van der Waals surface area contributed by atoms with Crippen LogP contribution in [-0.2, 0) is 10.0 Å². The second-order valence-electron chi connectivity index (χ2n) is 7.37. The van der Waals surface area contributed by atoms with Gasteiger partial charge < -0.3 is 5.32 Å². The number of rotatable bonds is 4. The molecule has 2 aromatic rings. The number of sulfonamides is 1. The first-order valence-electron chi connectivity index (χ1n) is 9.03. The maximum Gasteiger partial charge on any atom is 0.255 e. The van der Waals surface area contributed by atoms with Gasteiger partial charge in [-0.2, -0.15) is 4.31 Å². The van der Waals surface area contributed by atoms with Gasteiger partial charge in [-0.05, 0) is 60.7 Å². The van der Waals surface area contributed by atoms with E-state index in [9.17, 15) is 17.6 Å². The molecule has 3 rings (SSSR count). The van der Waals surface area contributed by atoms with Gasteiger partial charge in [0.2, 0.25) is 10.0 Å². The van der Waals surface area contributed by atoms with Crippen LogP contribution in [0, 0.1) is 17.7 Å². The van der Waals surface area contributed by atoms with E-state index in [0.717, 1.165) is 12.5 Å². The molecule has 150 valence electrons. The molecule has 1 N–H and O–H groups in total. The standard InChI is InChI=1S/C20H22ClFN2O3S/c1-13-9-14(2)12-24(11-13)28(26,27)17-6-3-15(4-7-17)20(25)23-19-8-5-16(21)10-18(19)22/h3-8,10,13-14H,9,11-12H2,1-2H3,(H,23,25). The number of nitrogens with one attached hydrogen (secondary N) is 1. The number of nitrogens with zero attached hydrogens (tertiary/aromatic N) is 1. The third kappa shape index (κ3) is 4.54. The molecule has 0 radical (unpaired) electrons. The number of carbonyl (C=O) groups is 1. The third-order valence-electron chi connectivity index (χ3n) is 4.77. The van der Waals surface area contributed by atoms with Crippen molar-refractivity contribution in [3.05, 3.63) is 58.9 Å². The Labute approximate surface area is 169 Å². The van der Waals surface area contributed by atoms with E-state index in [2.05, 4.69) is 5.32 Å². The lowest BCUT2D eigenvalue weighted by Crippen LogP contribution is -2.42. The van der Waals surface area contributed by atoms with E-state index in [0.29, 0.717) is 24.9 Å². The number of hydrogen-bond acceptors (Lipinski definition) is 3. The zero-order valence-electron chi connectivity index (χ0n) is 15.7. The fourth-order valence-corrected chi connectivity index (χ4v) is 5.35. The van der Waals surface area contributed by atoms with E-state index in [-0.39, 0.29) is 21.2 Å². The van der Waals surface area contributed by atoms with Crippen molar-refractivity contribution in [1.82, 2.24) is 4.31 Å². The lowest BCUT2D eigenvalue weighted by atomic mass is 9.94. The molecule has 2 atom stereocenters. The Kier molecular flexibility index (Phi) is 6.07. The second-order valence-corrected chi connectivity index (χ2v) is 9.75. The molecule has 0 saturated carbocycles. The van der Waals surface area contributed by atoms with Crippen molar-refractivity contribution in [3.8, 4) is 0 Å². The molecule has 1 aliphatic heterocycles. The minimum Gasteiger partial charge on any atom is -0.319 e. The van der Waals surface area contributed by atoms with Gasteiger partial charge in [-0.3, -0.25) is 4.79 Å². The van der Waals surface area contributed by atoms with Crippen molar-refractivity contribution in [2.75, 3.05) is 18.4 Å². The highest BCUT2D eigenvalue weighted by molar-refractivity contribution is 7.89. The van der Waals surface area contributed by atoms with Gasteiger partial charge in [0.05, 0.1) is 10.6 Å². The first-order valence-corrected chi connectivity index (χ1v) is 10.8. The van der Waals surface area contributed by atoms with Crippen LogP contribution in [0.15, 0.2) is 47.4 Å². The maximum atomic E-state index is 13.8. The first-order chi connectivity index (χ1) is 13.2. The maximum absolute atomic E-state index is 13.8. The minimum atomic E-state index is -3.61. The Hall–Kier alpha value is -1.96. The van der Waals surface area contributed by atoms with E-state index in [1.54, 1.807) is 0 Å². The number of carbonyl (C=O) groups excluding carboxylic acids is 1. The summed E-state index contributed by atoms with van der Waals surface area (Å²) in [6, 6.07) is 9.61. The van der Waals surface area contributed by atoms with Gasteiger partial charge in [0.15, 0.2) is 0 Å². The molecule has 28 heavy (non-hydrogen) atoms. The lowest BCUT2D eigenvalue weighted by molar-refractivity contribution is 0.102. The van der Waals surface area contributed by atoms with E-state index >= 15 is 0 Å². The Morgan fingerprint density at radius 2 is 1.71 bits per heavy atom. The Morgan fingerprint density at radius 1 is 1.11 bits per heavy atom. The zero-order chi connectivity index (χ0) is 20.5. The molecule has 0 aliphatic carbocycles. The summed E-state index contributed by atoms with van der Waals surface area (Å²) in [5.74, 6) is -0.575. The van der Waals surface area contributed by atoms with Crippen LogP contribution in [0.2, 0.25) is 5.02 Å². The highest BCUT2D eigenvalue weighted by Crippen LogP contribution is 2.27. The van der Waals surface area contributed by atoms with Gasteiger partial charge in [-0.1, -0.05) is 25.4 Å². The summed E-state index contributed by atoms with van der Waals surface area (Å²) in [4.78, 5) is 12.5. The molecular formula is C20H22ClFN2O3S. The summed E-state index contributed by atoms with van der Waals surface area (Å²) in [5, 5.41) is 2.68. The van der Waals surface area contributed by atoms with E-state index in [1.807, 2.05) is 13.8 Å². The average molecular weight is 425 g/mol. The molecule has 0 aromatic heterocycles. The molecule has 1 heterocycles. The molecule has 1 saturated heterocycles. The van der Waals surface area contributed by atoms with Crippen LogP contribution in [0.1, 0.15) is 30.6 Å². The van der Waals surface area contributed by atoms with Gasteiger partial charge in [-0.25, -0.2) is 12.8 Å². The van der Waals surface area contributed by atoms with Crippen molar-refractivity contribution >= 4 is 33.2 Å². The van der Waals surface area contributed by atoms with Crippen LogP contribution >= 0.6 is 11.6 Å². The van der Waals surface area contributed by atoms with Gasteiger partial charge in [-0.15, -0.1) is 0 Å². The minimum absolute atomic E-state index is 0.00221. The fourth-order valence-electron chi connectivity index (χ4n) is 3.51. The SMILES string of the molecule is CC1CC(C)CN(S(=O)(=O)c2ccc(C(=O)Nc3ccc(Cl)cc3F)cc2)C1. The van der Waals surface area contributed by atoms with Crippen LogP contribution in [0.4, 0.5) is 10.1 Å². The number of benzene rings is 2. The largest absolute Gasteiger partial charge is 0.319 e. The molecule has 1 aliphatic rings. The highest BCUT2D eigenvalue weighted by atomic mass is 35.5. The molecule has 2 aromatic carbocycles. The predicted octanol–water partition coefficient (Wildman–Crippen LogP) is 4.40. The van der Waals surface area contributed by atoms with Crippen molar-refractivity contribution in [2.45, 2.75) is 25.2 Å². The molecule has 1 fully saturated rings. The summed E-state index contributed by atoms with van der Waals surface area (Å²) in [6.07, 6.45) is 1.01. The number of anilines is 1. The zero-order valence-corrected chi connectivity index (χ0v) is 17.2. The second kappa shape index (κ2) is 8.19. The molecule has 0 bridgehead atoms. The van der Waals surface area contributed by atoms with Crippen molar-refractivity contribution in [2.24, 2.45) is 11.8 Å². The van der Waals surface area contributed by atoms with Crippen LogP contribution in [-0.4, -0.2) is 31.7 Å². The Morgan fingerprint density at radius 3 is 2.29 bits per heavy atom. The molecule has 1 amide bonds.